The number of nitrogen functional groups attached to an aromatic ring is 1. The van der Waals surface area contributed by atoms with Gasteiger partial charge in [-0.2, -0.15) is 0 Å². The Bertz CT molecular complexity index is 735. The van der Waals surface area contributed by atoms with E-state index in [1.54, 1.807) is 0 Å². The van der Waals surface area contributed by atoms with E-state index in [2.05, 4.69) is 25.1 Å². The smallest absolute Gasteiger partial charge is 0.224 e. The second-order valence-corrected chi connectivity index (χ2v) is 6.75. The molecule has 2 aromatic heterocycles. The van der Waals surface area contributed by atoms with Gasteiger partial charge in [0.1, 0.15) is 17.2 Å². The first kappa shape index (κ1) is 14.7. The van der Waals surface area contributed by atoms with E-state index in [4.69, 9.17) is 21.8 Å². The molecule has 2 aromatic rings. The van der Waals surface area contributed by atoms with Gasteiger partial charge in [0.25, 0.3) is 0 Å². The van der Waals surface area contributed by atoms with E-state index < -0.39 is 0 Å². The number of halogens is 1. The number of aromatic nitrogens is 4. The Labute approximate surface area is 139 Å². The van der Waals surface area contributed by atoms with Crippen molar-refractivity contribution in [3.63, 3.8) is 0 Å². The summed E-state index contributed by atoms with van der Waals surface area (Å²) in [6.45, 7) is 3.67. The van der Waals surface area contributed by atoms with Gasteiger partial charge in [0.15, 0.2) is 5.82 Å². The molecule has 1 aliphatic carbocycles. The maximum absolute atomic E-state index is 6.30. The standard InChI is InChI=1S/C15H19ClN6O/c1-2-10-20-21-14(23-10)15-5-3-4-9(15)6-22(7-15)13-11(16)12(17)18-8-19-13/h8-9H,2-7H2,1H3,(H2,17,18,19)/t9-,15-/m0/s1. The van der Waals surface area contributed by atoms with E-state index in [-0.39, 0.29) is 5.41 Å². The summed E-state index contributed by atoms with van der Waals surface area (Å²) < 4.78 is 5.92. The summed E-state index contributed by atoms with van der Waals surface area (Å²) in [5.41, 5.74) is 5.73. The molecule has 2 aliphatic rings. The number of hydrogen-bond acceptors (Lipinski definition) is 7. The zero-order chi connectivity index (χ0) is 16.0. The van der Waals surface area contributed by atoms with Gasteiger partial charge in [-0.25, -0.2) is 9.97 Å². The van der Waals surface area contributed by atoms with Crippen molar-refractivity contribution in [1.29, 1.82) is 0 Å². The molecule has 1 saturated carbocycles. The van der Waals surface area contributed by atoms with Crippen LogP contribution in [0, 0.1) is 5.92 Å². The lowest BCUT2D eigenvalue weighted by atomic mass is 9.80. The van der Waals surface area contributed by atoms with Crippen LogP contribution in [0.25, 0.3) is 0 Å². The molecular formula is C15H19ClN6O. The minimum atomic E-state index is -0.0938. The van der Waals surface area contributed by atoms with Crippen molar-refractivity contribution in [2.75, 3.05) is 23.7 Å². The van der Waals surface area contributed by atoms with Crippen LogP contribution >= 0.6 is 11.6 Å². The average Bonchev–Trinajstić information content (AvgIpc) is 3.22. The third-order valence-electron chi connectivity index (χ3n) is 5.16. The summed E-state index contributed by atoms with van der Waals surface area (Å²) in [4.78, 5) is 10.5. The molecule has 1 saturated heterocycles. The van der Waals surface area contributed by atoms with Crippen molar-refractivity contribution in [2.45, 2.75) is 38.0 Å². The zero-order valence-corrected chi connectivity index (χ0v) is 13.8. The molecule has 4 rings (SSSR count). The monoisotopic (exact) mass is 334 g/mol. The maximum atomic E-state index is 6.30. The molecule has 7 nitrogen and oxygen atoms in total. The van der Waals surface area contributed by atoms with E-state index in [1.165, 1.54) is 12.7 Å². The Morgan fingerprint density at radius 2 is 2.30 bits per heavy atom. The predicted molar refractivity (Wildman–Crippen MR) is 86.4 cm³/mol. The average molecular weight is 335 g/mol. The fraction of sp³-hybridized carbons (Fsp3) is 0.600. The molecule has 0 aromatic carbocycles. The lowest BCUT2D eigenvalue weighted by molar-refractivity contribution is 0.297. The molecule has 2 atom stereocenters. The first-order valence-electron chi connectivity index (χ1n) is 7.98. The second-order valence-electron chi connectivity index (χ2n) is 6.38. The number of nitrogens with zero attached hydrogens (tertiary/aromatic N) is 5. The molecule has 0 bridgehead atoms. The molecule has 2 fully saturated rings. The Balaban J connectivity index is 1.70. The molecule has 0 radical (unpaired) electrons. The fourth-order valence-corrected chi connectivity index (χ4v) is 4.21. The van der Waals surface area contributed by atoms with Gasteiger partial charge in [-0.15, -0.1) is 10.2 Å². The van der Waals surface area contributed by atoms with Crippen molar-refractivity contribution < 1.29 is 4.42 Å². The van der Waals surface area contributed by atoms with Crippen LogP contribution in [-0.2, 0) is 11.8 Å². The number of nitrogens with two attached hydrogens (primary N) is 1. The molecule has 23 heavy (non-hydrogen) atoms. The largest absolute Gasteiger partial charge is 0.425 e. The number of aryl methyl sites for hydroxylation is 1. The van der Waals surface area contributed by atoms with Gasteiger partial charge in [0.2, 0.25) is 11.8 Å². The van der Waals surface area contributed by atoms with Gasteiger partial charge >= 0.3 is 0 Å². The second kappa shape index (κ2) is 5.33. The third-order valence-corrected chi connectivity index (χ3v) is 5.53. The van der Waals surface area contributed by atoms with E-state index in [1.807, 2.05) is 6.92 Å². The van der Waals surface area contributed by atoms with Crippen molar-refractivity contribution in [1.82, 2.24) is 20.2 Å². The lowest BCUT2D eigenvalue weighted by Crippen LogP contribution is -2.32. The zero-order valence-electron chi connectivity index (χ0n) is 13.0. The van der Waals surface area contributed by atoms with E-state index in [9.17, 15) is 0 Å². The van der Waals surface area contributed by atoms with Gasteiger partial charge in [0, 0.05) is 19.5 Å². The first-order valence-corrected chi connectivity index (χ1v) is 8.35. The number of fused-ring (bicyclic) bond motifs is 1. The van der Waals surface area contributed by atoms with Crippen LogP contribution < -0.4 is 10.6 Å². The van der Waals surface area contributed by atoms with Crippen LogP contribution in [0.4, 0.5) is 11.6 Å². The third kappa shape index (κ3) is 2.17. The molecule has 0 spiro atoms. The van der Waals surface area contributed by atoms with Gasteiger partial charge < -0.3 is 15.1 Å². The molecular weight excluding hydrogens is 316 g/mol. The van der Waals surface area contributed by atoms with E-state index in [0.717, 1.165) is 38.2 Å². The van der Waals surface area contributed by atoms with E-state index >= 15 is 0 Å². The van der Waals surface area contributed by atoms with Gasteiger partial charge in [0.05, 0.1) is 5.41 Å². The Kier molecular flexibility index (Phi) is 3.41. The summed E-state index contributed by atoms with van der Waals surface area (Å²) in [6, 6.07) is 0. The summed E-state index contributed by atoms with van der Waals surface area (Å²) >= 11 is 6.30. The van der Waals surface area contributed by atoms with Crippen LogP contribution in [0.2, 0.25) is 5.02 Å². The normalized spacial score (nSPS) is 26.7. The number of rotatable bonds is 3. The summed E-state index contributed by atoms with van der Waals surface area (Å²) in [5.74, 6) is 2.94. The molecule has 0 unspecified atom stereocenters. The molecule has 0 amide bonds. The minimum absolute atomic E-state index is 0.0938. The van der Waals surface area contributed by atoms with Crippen molar-refractivity contribution in [3.05, 3.63) is 23.1 Å². The Morgan fingerprint density at radius 1 is 1.43 bits per heavy atom. The summed E-state index contributed by atoms with van der Waals surface area (Å²) in [5, 5.41) is 8.91. The topological polar surface area (TPSA) is 94.0 Å². The Morgan fingerprint density at radius 3 is 3.09 bits per heavy atom. The summed E-state index contributed by atoms with van der Waals surface area (Å²) in [6.07, 6.45) is 5.60. The van der Waals surface area contributed by atoms with Gasteiger partial charge in [-0.05, 0) is 18.8 Å². The van der Waals surface area contributed by atoms with Gasteiger partial charge in [-0.1, -0.05) is 24.9 Å². The van der Waals surface area contributed by atoms with Crippen molar-refractivity contribution in [2.24, 2.45) is 5.92 Å². The molecule has 8 heteroatoms. The van der Waals surface area contributed by atoms with Crippen LogP contribution in [0.3, 0.4) is 0 Å². The molecule has 1 aliphatic heterocycles. The predicted octanol–water partition coefficient (Wildman–Crippen LogP) is 2.22. The first-order chi connectivity index (χ1) is 11.1. The van der Waals surface area contributed by atoms with Crippen molar-refractivity contribution >= 4 is 23.2 Å². The van der Waals surface area contributed by atoms with Crippen LogP contribution in [0.1, 0.15) is 38.0 Å². The van der Waals surface area contributed by atoms with Crippen LogP contribution in [-0.4, -0.2) is 33.3 Å². The summed E-state index contributed by atoms with van der Waals surface area (Å²) in [7, 11) is 0. The molecule has 3 heterocycles. The quantitative estimate of drug-likeness (QED) is 0.919. The number of hydrogen-bond donors (Lipinski definition) is 1. The van der Waals surface area contributed by atoms with Crippen molar-refractivity contribution in [3.8, 4) is 0 Å². The van der Waals surface area contributed by atoms with Gasteiger partial charge in [-0.3, -0.25) is 0 Å². The van der Waals surface area contributed by atoms with Crippen LogP contribution in [0.15, 0.2) is 10.7 Å². The molecule has 2 N–H and O–H groups in total. The molecule has 122 valence electrons. The Hall–Kier alpha value is -1.89. The highest BCUT2D eigenvalue weighted by Gasteiger charge is 2.54. The highest BCUT2D eigenvalue weighted by Crippen LogP contribution is 2.51. The maximum Gasteiger partial charge on any atom is 0.224 e. The minimum Gasteiger partial charge on any atom is -0.425 e. The van der Waals surface area contributed by atoms with Crippen LogP contribution in [0.5, 0.6) is 0 Å². The number of anilines is 2. The highest BCUT2D eigenvalue weighted by molar-refractivity contribution is 6.35. The highest BCUT2D eigenvalue weighted by atomic mass is 35.5. The SMILES string of the molecule is CCc1nnc([C@]23CCC[C@H]2CN(c2ncnc(N)c2Cl)C3)o1. The van der Waals surface area contributed by atoms with E-state index in [0.29, 0.717) is 28.5 Å². The fourth-order valence-electron chi connectivity index (χ4n) is 3.99. The lowest BCUT2D eigenvalue weighted by Gasteiger charge is -2.25.